The fourth-order valence-electron chi connectivity index (χ4n) is 2.57. The second-order valence-electron chi connectivity index (χ2n) is 4.99. The molecule has 2 rings (SSSR count). The number of aryl methyl sites for hydroxylation is 1. The highest BCUT2D eigenvalue weighted by atomic mass is 127. The Morgan fingerprint density at radius 2 is 2.28 bits per heavy atom. The summed E-state index contributed by atoms with van der Waals surface area (Å²) in [7, 11) is 0. The molecule has 0 saturated heterocycles. The molecular weight excluding hydrogens is 339 g/mol. The molecule has 1 saturated carbocycles. The maximum absolute atomic E-state index is 12.3. The zero-order chi connectivity index (χ0) is 13.1. The van der Waals surface area contributed by atoms with E-state index in [9.17, 15) is 4.79 Å². The number of hydrogen-bond acceptors (Lipinski definition) is 2. The van der Waals surface area contributed by atoms with Gasteiger partial charge in [-0.05, 0) is 67.0 Å². The van der Waals surface area contributed by atoms with E-state index in [1.807, 2.05) is 25.1 Å². The summed E-state index contributed by atoms with van der Waals surface area (Å²) in [5.74, 6) is 0.477. The van der Waals surface area contributed by atoms with Crippen molar-refractivity contribution in [2.24, 2.45) is 11.7 Å². The summed E-state index contributed by atoms with van der Waals surface area (Å²) in [5.41, 5.74) is 7.63. The predicted molar refractivity (Wildman–Crippen MR) is 81.5 cm³/mol. The Kier molecular flexibility index (Phi) is 4.61. The Labute approximate surface area is 122 Å². The van der Waals surface area contributed by atoms with E-state index in [2.05, 4.69) is 27.9 Å². The summed E-state index contributed by atoms with van der Waals surface area (Å²) < 4.78 is 0.998. The van der Waals surface area contributed by atoms with Crippen LogP contribution in [0.2, 0.25) is 0 Å². The van der Waals surface area contributed by atoms with Gasteiger partial charge in [0.15, 0.2) is 0 Å². The fourth-order valence-corrected chi connectivity index (χ4v) is 3.15. The number of hydrogen-bond donors (Lipinski definition) is 2. The van der Waals surface area contributed by atoms with E-state index >= 15 is 0 Å². The average Bonchev–Trinajstić information content (AvgIpc) is 2.79. The Morgan fingerprint density at radius 3 is 3.00 bits per heavy atom. The highest BCUT2D eigenvalue weighted by Crippen LogP contribution is 2.25. The summed E-state index contributed by atoms with van der Waals surface area (Å²) in [6, 6.07) is 6.21. The minimum absolute atomic E-state index is 0.0356. The molecule has 1 aromatic rings. The SMILES string of the molecule is Cc1ccc(I)c(C(=O)NC2CCCC2CN)c1. The van der Waals surface area contributed by atoms with Crippen LogP contribution in [0.1, 0.15) is 35.2 Å². The molecule has 1 aromatic carbocycles. The first kappa shape index (κ1) is 13.8. The molecule has 0 radical (unpaired) electrons. The van der Waals surface area contributed by atoms with Crippen LogP contribution in [-0.2, 0) is 0 Å². The van der Waals surface area contributed by atoms with Crippen molar-refractivity contribution < 1.29 is 4.79 Å². The molecular formula is C14H19IN2O. The number of carbonyl (C=O) groups is 1. The van der Waals surface area contributed by atoms with Gasteiger partial charge in [-0.1, -0.05) is 18.1 Å². The van der Waals surface area contributed by atoms with E-state index in [1.165, 1.54) is 0 Å². The maximum atomic E-state index is 12.3. The standard InChI is InChI=1S/C14H19IN2O/c1-9-5-6-12(15)11(7-9)14(18)17-13-4-2-3-10(13)8-16/h5-7,10,13H,2-4,8,16H2,1H3,(H,17,18). The number of rotatable bonds is 3. The van der Waals surface area contributed by atoms with Gasteiger partial charge in [-0.15, -0.1) is 0 Å². The molecule has 0 bridgehead atoms. The number of benzene rings is 1. The number of halogens is 1. The first-order valence-corrected chi connectivity index (χ1v) is 7.46. The van der Waals surface area contributed by atoms with Gasteiger partial charge in [0.05, 0.1) is 5.56 Å². The largest absolute Gasteiger partial charge is 0.349 e. The zero-order valence-corrected chi connectivity index (χ0v) is 12.7. The van der Waals surface area contributed by atoms with Crippen LogP contribution in [-0.4, -0.2) is 18.5 Å². The lowest BCUT2D eigenvalue weighted by Crippen LogP contribution is -2.40. The Morgan fingerprint density at radius 1 is 1.50 bits per heavy atom. The third kappa shape index (κ3) is 3.03. The molecule has 2 unspecified atom stereocenters. The summed E-state index contributed by atoms with van der Waals surface area (Å²) in [6.45, 7) is 2.67. The third-order valence-corrected chi connectivity index (χ3v) is 4.59. The van der Waals surface area contributed by atoms with Crippen molar-refractivity contribution in [3.8, 4) is 0 Å². The minimum atomic E-state index is 0.0356. The molecule has 0 heterocycles. The van der Waals surface area contributed by atoms with Crippen molar-refractivity contribution >= 4 is 28.5 Å². The minimum Gasteiger partial charge on any atom is -0.349 e. The van der Waals surface area contributed by atoms with Crippen molar-refractivity contribution in [2.75, 3.05) is 6.54 Å². The molecule has 1 aliphatic rings. The first-order valence-electron chi connectivity index (χ1n) is 6.39. The lowest BCUT2D eigenvalue weighted by atomic mass is 10.0. The van der Waals surface area contributed by atoms with Gasteiger partial charge in [0.25, 0.3) is 5.91 Å². The van der Waals surface area contributed by atoms with Gasteiger partial charge < -0.3 is 11.1 Å². The number of nitrogens with one attached hydrogen (secondary N) is 1. The lowest BCUT2D eigenvalue weighted by Gasteiger charge is -2.20. The topological polar surface area (TPSA) is 55.1 Å². The van der Waals surface area contributed by atoms with Crippen LogP contribution < -0.4 is 11.1 Å². The van der Waals surface area contributed by atoms with Crippen LogP contribution in [0.4, 0.5) is 0 Å². The Balaban J connectivity index is 2.09. The van der Waals surface area contributed by atoms with E-state index in [4.69, 9.17) is 5.73 Å². The maximum Gasteiger partial charge on any atom is 0.252 e. The molecule has 3 nitrogen and oxygen atoms in total. The smallest absolute Gasteiger partial charge is 0.252 e. The second-order valence-corrected chi connectivity index (χ2v) is 6.15. The summed E-state index contributed by atoms with van der Waals surface area (Å²) >= 11 is 2.21. The quantitative estimate of drug-likeness (QED) is 0.816. The molecule has 1 amide bonds. The van der Waals surface area contributed by atoms with Crippen LogP contribution >= 0.6 is 22.6 Å². The summed E-state index contributed by atoms with van der Waals surface area (Å²) in [5, 5.41) is 3.14. The highest BCUT2D eigenvalue weighted by Gasteiger charge is 2.27. The lowest BCUT2D eigenvalue weighted by molar-refractivity contribution is 0.0928. The van der Waals surface area contributed by atoms with Gasteiger partial charge in [0, 0.05) is 9.61 Å². The fraction of sp³-hybridized carbons (Fsp3) is 0.500. The zero-order valence-electron chi connectivity index (χ0n) is 10.6. The van der Waals surface area contributed by atoms with Crippen molar-refractivity contribution in [1.29, 1.82) is 0 Å². The summed E-state index contributed by atoms with van der Waals surface area (Å²) in [6.07, 6.45) is 3.35. The van der Waals surface area contributed by atoms with Crippen molar-refractivity contribution in [3.05, 3.63) is 32.9 Å². The van der Waals surface area contributed by atoms with Crippen LogP contribution in [0.15, 0.2) is 18.2 Å². The van der Waals surface area contributed by atoms with E-state index in [1.54, 1.807) is 0 Å². The number of carbonyl (C=O) groups excluding carboxylic acids is 1. The van der Waals surface area contributed by atoms with E-state index < -0.39 is 0 Å². The Bertz CT molecular complexity index is 447. The van der Waals surface area contributed by atoms with Crippen LogP contribution in [0.25, 0.3) is 0 Å². The average molecular weight is 358 g/mol. The van der Waals surface area contributed by atoms with Crippen LogP contribution in [0.3, 0.4) is 0 Å². The van der Waals surface area contributed by atoms with Crippen LogP contribution in [0, 0.1) is 16.4 Å². The first-order chi connectivity index (χ1) is 8.61. The highest BCUT2D eigenvalue weighted by molar-refractivity contribution is 14.1. The molecule has 3 N–H and O–H groups in total. The second kappa shape index (κ2) is 6.02. The van der Waals surface area contributed by atoms with Gasteiger partial charge in [-0.2, -0.15) is 0 Å². The monoisotopic (exact) mass is 358 g/mol. The van der Waals surface area contributed by atoms with Crippen molar-refractivity contribution in [3.63, 3.8) is 0 Å². The van der Waals surface area contributed by atoms with Gasteiger partial charge >= 0.3 is 0 Å². The van der Waals surface area contributed by atoms with E-state index in [0.717, 1.165) is 34.0 Å². The molecule has 1 fully saturated rings. The predicted octanol–water partition coefficient (Wildman–Crippen LogP) is 2.46. The molecule has 18 heavy (non-hydrogen) atoms. The summed E-state index contributed by atoms with van der Waals surface area (Å²) in [4.78, 5) is 12.3. The number of nitrogens with two attached hydrogens (primary N) is 1. The van der Waals surface area contributed by atoms with Crippen LogP contribution in [0.5, 0.6) is 0 Å². The Hall–Kier alpha value is -0.620. The van der Waals surface area contributed by atoms with Gasteiger partial charge in [-0.3, -0.25) is 4.79 Å². The van der Waals surface area contributed by atoms with Crippen molar-refractivity contribution in [1.82, 2.24) is 5.32 Å². The molecule has 2 atom stereocenters. The van der Waals surface area contributed by atoms with Crippen molar-refractivity contribution in [2.45, 2.75) is 32.2 Å². The molecule has 0 aliphatic heterocycles. The van der Waals surface area contributed by atoms with Gasteiger partial charge in [0.2, 0.25) is 0 Å². The molecule has 98 valence electrons. The normalized spacial score (nSPS) is 23.1. The third-order valence-electron chi connectivity index (χ3n) is 3.64. The number of amides is 1. The van der Waals surface area contributed by atoms with E-state index in [-0.39, 0.29) is 11.9 Å². The molecule has 1 aliphatic carbocycles. The molecule has 0 spiro atoms. The van der Waals surface area contributed by atoms with Gasteiger partial charge in [-0.25, -0.2) is 0 Å². The molecule has 4 heteroatoms. The molecule has 0 aromatic heterocycles. The van der Waals surface area contributed by atoms with Gasteiger partial charge in [0.1, 0.15) is 0 Å². The van der Waals surface area contributed by atoms with E-state index in [0.29, 0.717) is 12.5 Å².